The molecule has 0 heterocycles. The van der Waals surface area contributed by atoms with Crippen molar-refractivity contribution in [3.8, 4) is 17.2 Å². The number of carbonyl (C=O) groups is 1. The van der Waals surface area contributed by atoms with E-state index in [1.165, 1.54) is 19.4 Å². The van der Waals surface area contributed by atoms with Crippen LogP contribution in [0.4, 0.5) is 0 Å². The average molecular weight is 458 g/mol. The molecule has 0 spiro atoms. The van der Waals surface area contributed by atoms with Gasteiger partial charge in [0.25, 0.3) is 5.91 Å². The van der Waals surface area contributed by atoms with Crippen molar-refractivity contribution in [3.05, 3.63) is 50.9 Å². The summed E-state index contributed by atoms with van der Waals surface area (Å²) in [7, 11) is 1.45. The number of nitrogens with zero attached hydrogens (tertiary/aromatic N) is 1. The molecule has 0 radical (unpaired) electrons. The second-order valence-corrected chi connectivity index (χ2v) is 6.36. The number of halogens is 2. The first kappa shape index (κ1) is 18.3. The molecule has 2 aromatic carbocycles. The fourth-order valence-electron chi connectivity index (χ4n) is 1.72. The third-order valence-corrected chi connectivity index (χ3v) is 3.97. The molecule has 2 aromatic rings. The zero-order chi connectivity index (χ0) is 17.5. The zero-order valence-corrected chi connectivity index (χ0v) is 15.8. The van der Waals surface area contributed by atoms with Crippen LogP contribution in [-0.4, -0.2) is 30.9 Å². The van der Waals surface area contributed by atoms with E-state index >= 15 is 0 Å². The summed E-state index contributed by atoms with van der Waals surface area (Å²) < 4.78 is 12.0. The summed E-state index contributed by atoms with van der Waals surface area (Å²) in [4.78, 5) is 11.7. The molecule has 0 atom stereocenters. The number of phenols is 1. The van der Waals surface area contributed by atoms with Gasteiger partial charge in [-0.15, -0.1) is 0 Å². The van der Waals surface area contributed by atoms with Gasteiger partial charge in [0, 0.05) is 4.47 Å². The first-order valence-corrected chi connectivity index (χ1v) is 8.35. The lowest BCUT2D eigenvalue weighted by molar-refractivity contribution is -0.123. The Morgan fingerprint density at radius 1 is 1.25 bits per heavy atom. The molecule has 0 bridgehead atoms. The fraction of sp³-hybridized carbons (Fsp3) is 0.125. The molecular formula is C16H14Br2N2O4. The third-order valence-electron chi connectivity index (χ3n) is 2.86. The van der Waals surface area contributed by atoms with Crippen molar-refractivity contribution < 1.29 is 19.4 Å². The number of carbonyl (C=O) groups excluding carboxylic acids is 1. The third kappa shape index (κ3) is 5.24. The lowest BCUT2D eigenvalue weighted by Gasteiger charge is -2.07. The van der Waals surface area contributed by atoms with Gasteiger partial charge in [0.15, 0.2) is 18.1 Å². The van der Waals surface area contributed by atoms with Crippen molar-refractivity contribution in [2.75, 3.05) is 13.7 Å². The number of hydrogen-bond donors (Lipinski definition) is 2. The van der Waals surface area contributed by atoms with E-state index in [9.17, 15) is 9.90 Å². The minimum absolute atomic E-state index is 0.0344. The Kier molecular flexibility index (Phi) is 6.62. The number of phenolic OH excluding ortho intramolecular Hbond substituents is 1. The van der Waals surface area contributed by atoms with E-state index < -0.39 is 5.91 Å². The normalized spacial score (nSPS) is 10.6. The van der Waals surface area contributed by atoms with Gasteiger partial charge in [-0.05, 0) is 57.9 Å². The van der Waals surface area contributed by atoms with Crippen molar-refractivity contribution in [2.24, 2.45) is 5.10 Å². The predicted octanol–water partition coefficient (Wildman–Crippen LogP) is 3.45. The van der Waals surface area contributed by atoms with Gasteiger partial charge in [0.2, 0.25) is 0 Å². The molecular weight excluding hydrogens is 444 g/mol. The van der Waals surface area contributed by atoms with Crippen LogP contribution in [0.3, 0.4) is 0 Å². The molecule has 0 aliphatic rings. The van der Waals surface area contributed by atoms with Crippen LogP contribution in [0.25, 0.3) is 0 Å². The highest BCUT2D eigenvalue weighted by Crippen LogP contribution is 2.28. The molecule has 8 heteroatoms. The Morgan fingerprint density at radius 3 is 2.75 bits per heavy atom. The van der Waals surface area contributed by atoms with Crippen molar-refractivity contribution in [1.29, 1.82) is 0 Å². The second-order valence-electron chi connectivity index (χ2n) is 4.59. The monoisotopic (exact) mass is 456 g/mol. The highest BCUT2D eigenvalue weighted by atomic mass is 79.9. The summed E-state index contributed by atoms with van der Waals surface area (Å²) in [5.74, 6) is 0.522. The number of rotatable bonds is 6. The second kappa shape index (κ2) is 8.70. The van der Waals surface area contributed by atoms with Gasteiger partial charge >= 0.3 is 0 Å². The van der Waals surface area contributed by atoms with Gasteiger partial charge < -0.3 is 14.6 Å². The predicted molar refractivity (Wildman–Crippen MR) is 97.7 cm³/mol. The van der Waals surface area contributed by atoms with E-state index in [4.69, 9.17) is 9.47 Å². The minimum atomic E-state index is -0.396. The molecule has 6 nitrogen and oxygen atoms in total. The Bertz CT molecular complexity index is 766. The first-order valence-electron chi connectivity index (χ1n) is 6.76. The number of benzene rings is 2. The van der Waals surface area contributed by atoms with Crippen LogP contribution in [-0.2, 0) is 4.79 Å². The summed E-state index contributed by atoms with van der Waals surface area (Å²) in [6, 6.07) is 10.1. The van der Waals surface area contributed by atoms with Crippen LogP contribution < -0.4 is 14.9 Å². The smallest absolute Gasteiger partial charge is 0.277 e. The Hall–Kier alpha value is -2.06. The number of methoxy groups -OCH3 is 1. The summed E-state index contributed by atoms with van der Waals surface area (Å²) in [5, 5.41) is 13.3. The summed E-state index contributed by atoms with van der Waals surface area (Å²) in [6.45, 7) is -0.170. The standard InChI is InChI=1S/C16H14Br2N2O4/c1-23-15-6-10(2-4-13(15)21)8-19-20-16(22)9-24-14-5-3-11(17)7-12(14)18/h2-8,21H,9H2,1H3,(H,20,22). The number of aromatic hydroxyl groups is 1. The van der Waals surface area contributed by atoms with Crippen LogP contribution in [0, 0.1) is 0 Å². The summed E-state index contributed by atoms with van der Waals surface area (Å²) in [5.41, 5.74) is 3.03. The van der Waals surface area contributed by atoms with Gasteiger partial charge in [0.05, 0.1) is 17.8 Å². The largest absolute Gasteiger partial charge is 0.504 e. The molecule has 0 aliphatic carbocycles. The maximum absolute atomic E-state index is 11.7. The average Bonchev–Trinajstić information content (AvgIpc) is 2.55. The van der Waals surface area contributed by atoms with Crippen LogP contribution in [0.2, 0.25) is 0 Å². The van der Waals surface area contributed by atoms with Crippen LogP contribution >= 0.6 is 31.9 Å². The molecule has 0 fully saturated rings. The highest BCUT2D eigenvalue weighted by Gasteiger charge is 2.05. The van der Waals surface area contributed by atoms with Crippen molar-refractivity contribution in [2.45, 2.75) is 0 Å². The van der Waals surface area contributed by atoms with E-state index in [0.717, 1.165) is 8.95 Å². The lowest BCUT2D eigenvalue weighted by atomic mass is 10.2. The van der Waals surface area contributed by atoms with E-state index in [-0.39, 0.29) is 12.4 Å². The molecule has 0 saturated carbocycles. The molecule has 24 heavy (non-hydrogen) atoms. The molecule has 0 saturated heterocycles. The topological polar surface area (TPSA) is 80.2 Å². The minimum Gasteiger partial charge on any atom is -0.504 e. The maximum atomic E-state index is 11.7. The molecule has 2 N–H and O–H groups in total. The van der Waals surface area contributed by atoms with E-state index in [0.29, 0.717) is 17.1 Å². The first-order chi connectivity index (χ1) is 11.5. The van der Waals surface area contributed by atoms with Crippen molar-refractivity contribution in [1.82, 2.24) is 5.43 Å². The highest BCUT2D eigenvalue weighted by molar-refractivity contribution is 9.11. The maximum Gasteiger partial charge on any atom is 0.277 e. The Balaban J connectivity index is 1.86. The fourth-order valence-corrected chi connectivity index (χ4v) is 2.88. The van der Waals surface area contributed by atoms with E-state index in [2.05, 4.69) is 42.4 Å². The van der Waals surface area contributed by atoms with Gasteiger partial charge in [-0.3, -0.25) is 4.79 Å². The molecule has 2 rings (SSSR count). The SMILES string of the molecule is COc1cc(C=NNC(=O)COc2ccc(Br)cc2Br)ccc1O. The number of nitrogens with one attached hydrogen (secondary N) is 1. The molecule has 1 amide bonds. The number of amides is 1. The van der Waals surface area contributed by atoms with Crippen LogP contribution in [0.1, 0.15) is 5.56 Å². The van der Waals surface area contributed by atoms with E-state index in [1.54, 1.807) is 18.2 Å². The molecule has 0 unspecified atom stereocenters. The van der Waals surface area contributed by atoms with Gasteiger partial charge in [-0.1, -0.05) is 15.9 Å². The van der Waals surface area contributed by atoms with Crippen LogP contribution in [0.5, 0.6) is 17.2 Å². The van der Waals surface area contributed by atoms with E-state index in [1.807, 2.05) is 12.1 Å². The van der Waals surface area contributed by atoms with Gasteiger partial charge in [0.1, 0.15) is 5.75 Å². The van der Waals surface area contributed by atoms with Gasteiger partial charge in [-0.25, -0.2) is 5.43 Å². The van der Waals surface area contributed by atoms with Crippen molar-refractivity contribution >= 4 is 44.0 Å². The zero-order valence-electron chi connectivity index (χ0n) is 12.6. The molecule has 0 aliphatic heterocycles. The summed E-state index contributed by atoms with van der Waals surface area (Å²) >= 11 is 6.69. The van der Waals surface area contributed by atoms with Crippen LogP contribution in [0.15, 0.2) is 50.4 Å². The summed E-state index contributed by atoms with van der Waals surface area (Å²) in [6.07, 6.45) is 1.44. The Labute approximate surface area is 155 Å². The molecule has 126 valence electrons. The Morgan fingerprint density at radius 2 is 2.04 bits per heavy atom. The van der Waals surface area contributed by atoms with Crippen molar-refractivity contribution in [3.63, 3.8) is 0 Å². The molecule has 0 aromatic heterocycles. The number of hydrazone groups is 1. The van der Waals surface area contributed by atoms with Gasteiger partial charge in [-0.2, -0.15) is 5.10 Å². The number of hydrogen-bond acceptors (Lipinski definition) is 5. The number of ether oxygens (including phenoxy) is 2. The quantitative estimate of drug-likeness (QED) is 0.514. The lowest BCUT2D eigenvalue weighted by Crippen LogP contribution is -2.24.